The Morgan fingerprint density at radius 3 is 2.37 bits per heavy atom. The van der Waals surface area contributed by atoms with Gasteiger partial charge in [0.15, 0.2) is 0 Å². The smallest absolute Gasteiger partial charge is 0.240 e. The van der Waals surface area contributed by atoms with Gasteiger partial charge in [-0.15, -0.1) is 11.8 Å². The molecule has 0 aromatic heterocycles. The average molecular weight is 404 g/mol. The maximum Gasteiger partial charge on any atom is 0.240 e. The summed E-state index contributed by atoms with van der Waals surface area (Å²) in [6, 6.07) is 15.9. The molecular weight excluding hydrogens is 382 g/mol. The molecule has 8 heteroatoms. The largest absolute Gasteiger partial charge is 0.354 e. The number of carbonyl (C=O) groups excluding carboxylic acids is 1. The van der Waals surface area contributed by atoms with E-state index in [0.717, 1.165) is 11.1 Å². The molecule has 27 heavy (non-hydrogen) atoms. The lowest BCUT2D eigenvalue weighted by Crippen LogP contribution is -2.35. The summed E-state index contributed by atoms with van der Waals surface area (Å²) >= 11 is 1.46. The van der Waals surface area contributed by atoms with Crippen molar-refractivity contribution in [2.45, 2.75) is 17.6 Å². The van der Waals surface area contributed by atoms with Crippen LogP contribution in [-0.4, -0.2) is 33.2 Å². The third-order valence-electron chi connectivity index (χ3n) is 3.66. The van der Waals surface area contributed by atoms with Crippen molar-refractivity contribution in [2.75, 3.05) is 18.8 Å². The van der Waals surface area contributed by atoms with Crippen LogP contribution in [0.1, 0.15) is 16.7 Å². The number of aryl methyl sites for hydroxylation is 1. The van der Waals surface area contributed by atoms with Crippen LogP contribution in [-0.2, 0) is 20.6 Å². The Balaban J connectivity index is 1.65. The highest BCUT2D eigenvalue weighted by atomic mass is 32.2. The molecule has 0 fully saturated rings. The van der Waals surface area contributed by atoms with E-state index in [-0.39, 0.29) is 29.6 Å². The molecule has 1 amide bonds. The van der Waals surface area contributed by atoms with Gasteiger partial charge in [0.2, 0.25) is 15.9 Å². The number of thioether (sulfide) groups is 1. The second kappa shape index (κ2) is 10.1. The molecule has 142 valence electrons. The number of carbonyl (C=O) groups is 1. The van der Waals surface area contributed by atoms with Gasteiger partial charge in [0.1, 0.15) is 0 Å². The summed E-state index contributed by atoms with van der Waals surface area (Å²) < 4.78 is 26.7. The third kappa shape index (κ3) is 7.06. The van der Waals surface area contributed by atoms with Crippen molar-refractivity contribution < 1.29 is 13.2 Å². The van der Waals surface area contributed by atoms with Crippen molar-refractivity contribution >= 4 is 27.7 Å². The normalized spacial score (nSPS) is 11.0. The fourth-order valence-electron chi connectivity index (χ4n) is 2.18. The van der Waals surface area contributed by atoms with Gasteiger partial charge in [-0.2, -0.15) is 5.26 Å². The Morgan fingerprint density at radius 2 is 1.74 bits per heavy atom. The second-order valence-electron chi connectivity index (χ2n) is 5.86. The number of hydrogen-bond donors (Lipinski definition) is 2. The number of nitrogens with zero attached hydrogens (tertiary/aromatic N) is 1. The minimum atomic E-state index is -3.56. The topological polar surface area (TPSA) is 99.1 Å². The van der Waals surface area contributed by atoms with E-state index in [2.05, 4.69) is 16.1 Å². The summed E-state index contributed by atoms with van der Waals surface area (Å²) in [4.78, 5) is 12.0. The van der Waals surface area contributed by atoms with Crippen molar-refractivity contribution in [3.63, 3.8) is 0 Å². The minimum absolute atomic E-state index is 0.127. The van der Waals surface area contributed by atoms with Gasteiger partial charge in [0.25, 0.3) is 0 Å². The van der Waals surface area contributed by atoms with Crippen LogP contribution in [0.3, 0.4) is 0 Å². The van der Waals surface area contributed by atoms with Crippen LogP contribution in [0.15, 0.2) is 53.4 Å². The van der Waals surface area contributed by atoms with Crippen molar-refractivity contribution in [3.05, 3.63) is 65.2 Å². The lowest BCUT2D eigenvalue weighted by Gasteiger charge is -2.08. The number of benzene rings is 2. The molecule has 0 atom stereocenters. The van der Waals surface area contributed by atoms with Gasteiger partial charge in [-0.25, -0.2) is 13.1 Å². The number of nitrogens with one attached hydrogen (secondary N) is 2. The molecule has 2 N–H and O–H groups in total. The molecule has 0 saturated carbocycles. The van der Waals surface area contributed by atoms with Crippen molar-refractivity contribution in [1.29, 1.82) is 5.26 Å². The summed E-state index contributed by atoms with van der Waals surface area (Å²) in [6.07, 6.45) is 0. The number of sulfonamides is 1. The molecule has 0 spiro atoms. The minimum Gasteiger partial charge on any atom is -0.354 e. The molecule has 2 rings (SSSR count). The molecule has 0 saturated heterocycles. The van der Waals surface area contributed by atoms with Gasteiger partial charge in [-0.05, 0) is 36.8 Å². The number of rotatable bonds is 9. The highest BCUT2D eigenvalue weighted by Gasteiger charge is 2.12. The van der Waals surface area contributed by atoms with Gasteiger partial charge < -0.3 is 5.32 Å². The van der Waals surface area contributed by atoms with E-state index in [0.29, 0.717) is 11.3 Å². The lowest BCUT2D eigenvalue weighted by atomic mass is 10.2. The molecule has 6 nitrogen and oxygen atoms in total. The summed E-state index contributed by atoms with van der Waals surface area (Å²) in [6.45, 7) is 2.24. The Kier molecular flexibility index (Phi) is 7.85. The van der Waals surface area contributed by atoms with Crippen LogP contribution in [0.25, 0.3) is 0 Å². The summed E-state index contributed by atoms with van der Waals surface area (Å²) in [5.41, 5.74) is 2.63. The first kappa shape index (κ1) is 21.0. The fraction of sp³-hybridized carbons (Fsp3) is 0.263. The Labute approximate surface area is 164 Å². The highest BCUT2D eigenvalue weighted by Crippen LogP contribution is 2.12. The standard InChI is InChI=1S/C19H21N3O3S2/c1-15-2-8-18(9-3-15)27(24,25)22-11-10-21-19(23)14-26-13-17-6-4-16(12-20)5-7-17/h2-9,22H,10-11,13-14H2,1H3,(H,21,23). The van der Waals surface area contributed by atoms with Gasteiger partial charge in [-0.1, -0.05) is 29.8 Å². The Morgan fingerprint density at radius 1 is 1.07 bits per heavy atom. The molecule has 0 aliphatic carbocycles. The van der Waals surface area contributed by atoms with E-state index in [9.17, 15) is 13.2 Å². The van der Waals surface area contributed by atoms with Crippen LogP contribution >= 0.6 is 11.8 Å². The molecule has 0 bridgehead atoms. The van der Waals surface area contributed by atoms with Crippen LogP contribution in [0, 0.1) is 18.3 Å². The predicted octanol–water partition coefficient (Wildman–Crippen LogP) is 2.19. The monoisotopic (exact) mass is 403 g/mol. The first-order chi connectivity index (χ1) is 12.9. The Bertz CT molecular complexity index is 903. The molecule has 0 unspecified atom stereocenters. The molecule has 2 aromatic rings. The Hall–Kier alpha value is -2.34. The van der Waals surface area contributed by atoms with E-state index >= 15 is 0 Å². The first-order valence-corrected chi connectivity index (χ1v) is 10.9. The SMILES string of the molecule is Cc1ccc(S(=O)(=O)NCCNC(=O)CSCc2ccc(C#N)cc2)cc1. The van der Waals surface area contributed by atoms with Gasteiger partial charge >= 0.3 is 0 Å². The molecule has 0 aliphatic heterocycles. The van der Waals surface area contributed by atoms with E-state index in [4.69, 9.17) is 5.26 Å². The molecule has 0 aliphatic rings. The van der Waals surface area contributed by atoms with Crippen LogP contribution in [0.5, 0.6) is 0 Å². The third-order valence-corrected chi connectivity index (χ3v) is 6.14. The summed E-state index contributed by atoms with van der Waals surface area (Å²) in [5.74, 6) is 0.798. The van der Waals surface area contributed by atoms with E-state index in [1.165, 1.54) is 11.8 Å². The summed E-state index contributed by atoms with van der Waals surface area (Å²) in [5, 5.41) is 11.4. The molecule has 2 aromatic carbocycles. The number of amides is 1. The van der Waals surface area contributed by atoms with Crippen molar-refractivity contribution in [1.82, 2.24) is 10.0 Å². The lowest BCUT2D eigenvalue weighted by molar-refractivity contribution is -0.118. The van der Waals surface area contributed by atoms with Gasteiger partial charge in [0.05, 0.1) is 22.3 Å². The molecule has 0 radical (unpaired) electrons. The highest BCUT2D eigenvalue weighted by molar-refractivity contribution is 7.99. The first-order valence-electron chi connectivity index (χ1n) is 8.30. The molecule has 0 heterocycles. The zero-order valence-electron chi connectivity index (χ0n) is 14.9. The van der Waals surface area contributed by atoms with Gasteiger partial charge in [0, 0.05) is 18.8 Å². The van der Waals surface area contributed by atoms with E-state index in [1.807, 2.05) is 19.1 Å². The summed E-state index contributed by atoms with van der Waals surface area (Å²) in [7, 11) is -3.56. The van der Waals surface area contributed by atoms with Crippen molar-refractivity contribution in [3.8, 4) is 6.07 Å². The van der Waals surface area contributed by atoms with Gasteiger partial charge in [-0.3, -0.25) is 4.79 Å². The number of hydrogen-bond acceptors (Lipinski definition) is 5. The van der Waals surface area contributed by atoms with Crippen LogP contribution in [0.4, 0.5) is 0 Å². The quantitative estimate of drug-likeness (QED) is 0.626. The zero-order valence-corrected chi connectivity index (χ0v) is 16.6. The zero-order chi connectivity index (χ0) is 19.7. The predicted molar refractivity (Wildman–Crippen MR) is 107 cm³/mol. The van der Waals surface area contributed by atoms with E-state index in [1.54, 1.807) is 36.4 Å². The van der Waals surface area contributed by atoms with E-state index < -0.39 is 10.0 Å². The fourth-order valence-corrected chi connectivity index (χ4v) is 4.03. The molecular formula is C19H21N3O3S2. The maximum atomic E-state index is 12.1. The van der Waals surface area contributed by atoms with Crippen LogP contribution in [0.2, 0.25) is 0 Å². The van der Waals surface area contributed by atoms with Crippen molar-refractivity contribution in [2.24, 2.45) is 0 Å². The second-order valence-corrected chi connectivity index (χ2v) is 8.61. The van der Waals surface area contributed by atoms with Crippen LogP contribution < -0.4 is 10.0 Å². The number of nitriles is 1. The maximum absolute atomic E-state index is 12.1. The average Bonchev–Trinajstić information content (AvgIpc) is 2.66.